The van der Waals surface area contributed by atoms with Crippen LogP contribution < -0.4 is 10.2 Å². The van der Waals surface area contributed by atoms with E-state index in [2.05, 4.69) is 45.5 Å². The van der Waals surface area contributed by atoms with Crippen LogP contribution in [0.1, 0.15) is 50.2 Å². The summed E-state index contributed by atoms with van der Waals surface area (Å²) in [5, 5.41) is 21.4. The van der Waals surface area contributed by atoms with E-state index in [0.717, 1.165) is 76.1 Å². The molecule has 0 unspecified atom stereocenters. The van der Waals surface area contributed by atoms with Gasteiger partial charge in [0.2, 0.25) is 5.91 Å². The van der Waals surface area contributed by atoms with Crippen molar-refractivity contribution in [2.45, 2.75) is 63.7 Å². The zero-order chi connectivity index (χ0) is 29.4. The number of carbonyl (C=O) groups excluding carboxylic acids is 2. The lowest BCUT2D eigenvalue weighted by atomic mass is 9.78. The van der Waals surface area contributed by atoms with E-state index >= 15 is 0 Å². The molecular weight excluding hydrogens is 528 g/mol. The average Bonchev–Trinajstić information content (AvgIpc) is 3.73. The quantitative estimate of drug-likeness (QED) is 0.471. The van der Waals surface area contributed by atoms with Gasteiger partial charge in [0, 0.05) is 68.3 Å². The highest BCUT2D eigenvalue weighted by Gasteiger charge is 2.66. The number of fused-ring (bicyclic) bond motifs is 4. The molecule has 5 heterocycles. The lowest BCUT2D eigenvalue weighted by Gasteiger charge is -2.37. The number of anilines is 1. The number of carboxylic acid groups (broad SMARTS) is 2. The Hall–Kier alpha value is -3.77. The summed E-state index contributed by atoms with van der Waals surface area (Å²) in [5.74, 6) is -0.180. The van der Waals surface area contributed by atoms with Crippen molar-refractivity contribution in [2.24, 2.45) is 5.92 Å². The molecule has 1 aromatic heterocycles. The number of amides is 2. The van der Waals surface area contributed by atoms with Crippen LogP contribution in [-0.2, 0) is 37.8 Å². The summed E-state index contributed by atoms with van der Waals surface area (Å²) < 4.78 is 1.96. The molecule has 1 spiro atoms. The third kappa shape index (κ3) is 5.84. The molecule has 3 atom stereocenters. The lowest BCUT2D eigenvalue weighted by Crippen LogP contribution is -2.56. The molecule has 0 aliphatic carbocycles. The van der Waals surface area contributed by atoms with Gasteiger partial charge in [-0.3, -0.25) is 33.7 Å². The van der Waals surface area contributed by atoms with Gasteiger partial charge in [0.05, 0.1) is 12.1 Å². The number of nitrogens with one attached hydrogen (secondary N) is 1. The monoisotopic (exact) mass is 568 g/mol. The molecule has 1 aromatic carbocycles. The first-order valence-electron chi connectivity index (χ1n) is 14.3. The second-order valence-electron chi connectivity index (χ2n) is 10.7. The van der Waals surface area contributed by atoms with E-state index in [1.165, 1.54) is 5.56 Å². The Morgan fingerprint density at radius 2 is 1.78 bits per heavy atom. The van der Waals surface area contributed by atoms with Gasteiger partial charge in [-0.05, 0) is 51.6 Å². The number of nitrogens with zero attached hydrogens (tertiary/aromatic N) is 5. The Morgan fingerprint density at radius 1 is 1.05 bits per heavy atom. The van der Waals surface area contributed by atoms with Gasteiger partial charge in [-0.15, -0.1) is 0 Å². The Labute approximate surface area is 239 Å². The predicted octanol–water partition coefficient (Wildman–Crippen LogP) is 1.74. The summed E-state index contributed by atoms with van der Waals surface area (Å²) in [6, 6.07) is 8.53. The smallest absolute Gasteiger partial charge is 0.290 e. The fraction of sp³-hybridized carbons (Fsp3) is 0.552. The van der Waals surface area contributed by atoms with E-state index in [-0.39, 0.29) is 30.7 Å². The molecule has 41 heavy (non-hydrogen) atoms. The van der Waals surface area contributed by atoms with Gasteiger partial charge < -0.3 is 20.4 Å². The number of hydrogen-bond acceptors (Lipinski definition) is 7. The number of aromatic nitrogens is 2. The third-order valence-electron chi connectivity index (χ3n) is 8.56. The van der Waals surface area contributed by atoms with Crippen LogP contribution in [0.2, 0.25) is 0 Å². The highest BCUT2D eigenvalue weighted by Crippen LogP contribution is 2.57. The van der Waals surface area contributed by atoms with Crippen molar-refractivity contribution < 1.29 is 29.4 Å². The van der Waals surface area contributed by atoms with Crippen LogP contribution in [0.4, 0.5) is 5.69 Å². The highest BCUT2D eigenvalue weighted by atomic mass is 16.3. The fourth-order valence-electron chi connectivity index (χ4n) is 7.06. The second kappa shape index (κ2) is 13.7. The maximum atomic E-state index is 14.3. The maximum Gasteiger partial charge on any atom is 0.290 e. The van der Waals surface area contributed by atoms with E-state index in [0.29, 0.717) is 19.1 Å². The minimum Gasteiger partial charge on any atom is -0.483 e. The van der Waals surface area contributed by atoms with Gasteiger partial charge in [0.15, 0.2) is 0 Å². The molecule has 2 amide bonds. The van der Waals surface area contributed by atoms with Gasteiger partial charge in [0.25, 0.3) is 18.9 Å². The Morgan fingerprint density at radius 3 is 2.51 bits per heavy atom. The van der Waals surface area contributed by atoms with Crippen molar-refractivity contribution in [2.75, 3.05) is 37.6 Å². The summed E-state index contributed by atoms with van der Waals surface area (Å²) >= 11 is 0. The zero-order valence-electron chi connectivity index (χ0n) is 23.5. The standard InChI is InChI=1S/C27H36N6O2.2CH2O2/c1-2-31-19-20(17-29-31)18-30-12-6-11-28-25(34)23-16-21-8-5-15-33(21)27(23)22-9-3-4-10-24(22)32(26(27)35)14-7-13-30;2*2-1-3/h3-4,9-10,17,19,21,23H,2,5-8,11-16,18H2,1H3,(H,28,34);2*1H,(H,2,3)/t21-,23+,27+;;/m0../s1. The van der Waals surface area contributed by atoms with Gasteiger partial charge in [0.1, 0.15) is 5.54 Å². The molecule has 2 bridgehead atoms. The van der Waals surface area contributed by atoms with Gasteiger partial charge in [-0.1, -0.05) is 18.2 Å². The van der Waals surface area contributed by atoms with E-state index < -0.39 is 5.54 Å². The molecule has 222 valence electrons. The molecular formula is C29H40N6O6. The molecule has 2 aromatic rings. The minimum absolute atomic E-state index is 0.0411. The highest BCUT2D eigenvalue weighted by molar-refractivity contribution is 6.10. The molecule has 4 aliphatic rings. The van der Waals surface area contributed by atoms with E-state index in [1.807, 2.05) is 27.9 Å². The molecule has 0 saturated carbocycles. The van der Waals surface area contributed by atoms with Crippen molar-refractivity contribution in [1.29, 1.82) is 0 Å². The molecule has 12 heteroatoms. The van der Waals surface area contributed by atoms with Crippen molar-refractivity contribution in [3.05, 3.63) is 47.8 Å². The third-order valence-corrected chi connectivity index (χ3v) is 8.56. The van der Waals surface area contributed by atoms with Crippen molar-refractivity contribution in [1.82, 2.24) is 24.9 Å². The summed E-state index contributed by atoms with van der Waals surface area (Å²) in [4.78, 5) is 51.5. The predicted molar refractivity (Wildman–Crippen MR) is 151 cm³/mol. The first-order valence-corrected chi connectivity index (χ1v) is 14.3. The van der Waals surface area contributed by atoms with Gasteiger partial charge in [-0.25, -0.2) is 0 Å². The van der Waals surface area contributed by atoms with Crippen LogP contribution in [0.25, 0.3) is 0 Å². The number of rotatable bonds is 3. The lowest BCUT2D eigenvalue weighted by molar-refractivity contribution is -0.138. The summed E-state index contributed by atoms with van der Waals surface area (Å²) in [7, 11) is 0. The Balaban J connectivity index is 0.000000596. The largest absolute Gasteiger partial charge is 0.483 e. The molecule has 4 aliphatic heterocycles. The van der Waals surface area contributed by atoms with Crippen LogP contribution in [-0.4, -0.2) is 93.3 Å². The van der Waals surface area contributed by atoms with Crippen LogP contribution >= 0.6 is 0 Å². The molecule has 3 fully saturated rings. The minimum atomic E-state index is -0.843. The number of para-hydroxylation sites is 1. The van der Waals surface area contributed by atoms with Crippen molar-refractivity contribution in [3.8, 4) is 0 Å². The fourth-order valence-corrected chi connectivity index (χ4v) is 7.06. The van der Waals surface area contributed by atoms with Crippen LogP contribution in [0.3, 0.4) is 0 Å². The Bertz CT molecular complexity index is 1210. The molecule has 6 rings (SSSR count). The first-order chi connectivity index (χ1) is 20.0. The van der Waals surface area contributed by atoms with E-state index in [4.69, 9.17) is 19.8 Å². The molecule has 3 saturated heterocycles. The summed E-state index contributed by atoms with van der Waals surface area (Å²) in [5.41, 5.74) is 2.40. The van der Waals surface area contributed by atoms with Crippen LogP contribution in [0.5, 0.6) is 0 Å². The SMILES string of the molecule is CCn1cc(CN2CCCNC(=O)[C@H]3C[C@@H]4CCCN4[C@@]34C(=O)N(CCC2)c2ccccc24)cn1.O=CO.O=CO. The molecule has 0 radical (unpaired) electrons. The first kappa shape index (κ1) is 30.2. The van der Waals surface area contributed by atoms with E-state index in [1.54, 1.807) is 0 Å². The average molecular weight is 569 g/mol. The van der Waals surface area contributed by atoms with Gasteiger partial charge >= 0.3 is 0 Å². The van der Waals surface area contributed by atoms with Crippen molar-refractivity contribution in [3.63, 3.8) is 0 Å². The number of hydrogen-bond donors (Lipinski definition) is 3. The molecule has 3 N–H and O–H groups in total. The maximum absolute atomic E-state index is 14.3. The summed E-state index contributed by atoms with van der Waals surface area (Å²) in [6.45, 7) is 7.31. The zero-order valence-corrected chi connectivity index (χ0v) is 23.5. The Kier molecular flexibility index (Phi) is 10.1. The second-order valence-corrected chi connectivity index (χ2v) is 10.7. The van der Waals surface area contributed by atoms with Crippen LogP contribution in [0.15, 0.2) is 36.7 Å². The van der Waals surface area contributed by atoms with E-state index in [9.17, 15) is 9.59 Å². The van der Waals surface area contributed by atoms with Crippen LogP contribution in [0, 0.1) is 5.92 Å². The normalized spacial score (nSPS) is 25.9. The van der Waals surface area contributed by atoms with Crippen molar-refractivity contribution >= 4 is 30.4 Å². The number of aryl methyl sites for hydroxylation is 1. The molecule has 12 nitrogen and oxygen atoms in total. The summed E-state index contributed by atoms with van der Waals surface area (Å²) in [6.07, 6.45) is 8.80. The number of benzene rings is 1. The topological polar surface area (TPSA) is 148 Å². The van der Waals surface area contributed by atoms with Gasteiger partial charge in [-0.2, -0.15) is 5.10 Å². The number of carbonyl (C=O) groups is 4.